The summed E-state index contributed by atoms with van der Waals surface area (Å²) in [4.78, 5) is 44.0. The number of fused-ring (bicyclic) bond motifs is 5. The molecule has 5 rings (SSSR count). The van der Waals surface area contributed by atoms with Crippen molar-refractivity contribution >= 4 is 17.7 Å². The fraction of sp³-hybridized carbons (Fsp3) is 0.304. The normalized spacial score (nSPS) is 27.9. The van der Waals surface area contributed by atoms with Crippen LogP contribution in [0.3, 0.4) is 0 Å². The fourth-order valence-electron chi connectivity index (χ4n) is 4.99. The Hall–Kier alpha value is -3.28. The number of nitrogens with zero attached hydrogens (tertiary/aromatic N) is 2. The molecule has 6 heteroatoms. The molecule has 2 fully saturated rings. The van der Waals surface area contributed by atoms with E-state index in [1.54, 1.807) is 6.20 Å². The number of likely N-dealkylation sites (tertiary alicyclic amines) is 1. The fourth-order valence-corrected chi connectivity index (χ4v) is 4.99. The SMILES string of the molecule is O=C(CN1C(=O)C2C3C=CC(C3)C2C1=O)NC(c1ccccc1)c1ccccn1. The first kappa shape index (κ1) is 17.8. The van der Waals surface area contributed by atoms with Crippen molar-refractivity contribution < 1.29 is 14.4 Å². The van der Waals surface area contributed by atoms with E-state index in [0.717, 1.165) is 16.9 Å². The molecule has 1 aliphatic heterocycles. The van der Waals surface area contributed by atoms with Crippen LogP contribution < -0.4 is 5.32 Å². The Morgan fingerprint density at radius 1 is 1.00 bits per heavy atom. The van der Waals surface area contributed by atoms with Crippen molar-refractivity contribution in [2.45, 2.75) is 12.5 Å². The van der Waals surface area contributed by atoms with Gasteiger partial charge in [0.05, 0.1) is 23.6 Å². The highest BCUT2D eigenvalue weighted by molar-refractivity contribution is 6.08. The topological polar surface area (TPSA) is 79.4 Å². The third-order valence-electron chi connectivity index (χ3n) is 6.29. The van der Waals surface area contributed by atoms with Crippen molar-refractivity contribution in [3.8, 4) is 0 Å². The number of nitrogens with one attached hydrogen (secondary N) is 1. The molecule has 1 N–H and O–H groups in total. The average Bonchev–Trinajstić information content (AvgIpc) is 3.43. The highest BCUT2D eigenvalue weighted by Gasteiger charge is 2.59. The zero-order chi connectivity index (χ0) is 20.0. The molecule has 2 bridgehead atoms. The van der Waals surface area contributed by atoms with Gasteiger partial charge in [-0.15, -0.1) is 0 Å². The Labute approximate surface area is 168 Å². The first-order valence-electron chi connectivity index (χ1n) is 9.92. The maximum atomic E-state index is 12.8. The largest absolute Gasteiger partial charge is 0.342 e. The molecule has 5 unspecified atom stereocenters. The number of imide groups is 1. The zero-order valence-electron chi connectivity index (χ0n) is 15.8. The van der Waals surface area contributed by atoms with Crippen molar-refractivity contribution in [3.63, 3.8) is 0 Å². The Morgan fingerprint density at radius 3 is 2.28 bits per heavy atom. The summed E-state index contributed by atoms with van der Waals surface area (Å²) in [5.41, 5.74) is 1.59. The molecule has 1 saturated heterocycles. The van der Waals surface area contributed by atoms with E-state index in [2.05, 4.69) is 10.3 Å². The number of aromatic nitrogens is 1. The first-order chi connectivity index (χ1) is 14.1. The van der Waals surface area contributed by atoms with Crippen LogP contribution in [0.5, 0.6) is 0 Å². The second-order valence-corrected chi connectivity index (χ2v) is 7.93. The van der Waals surface area contributed by atoms with Crippen molar-refractivity contribution in [3.05, 3.63) is 78.1 Å². The Morgan fingerprint density at radius 2 is 1.66 bits per heavy atom. The molecule has 29 heavy (non-hydrogen) atoms. The molecular formula is C23H21N3O3. The number of benzene rings is 1. The minimum absolute atomic E-state index is 0.139. The molecule has 2 aliphatic carbocycles. The summed E-state index contributed by atoms with van der Waals surface area (Å²) < 4.78 is 0. The standard InChI is InChI=1S/C23H21N3O3/c27-18(13-26-22(28)19-15-9-10-16(12-15)20(19)23(26)29)25-21(14-6-2-1-3-7-14)17-8-4-5-11-24-17/h1-11,15-16,19-21H,12-13H2,(H,25,27). The van der Waals surface area contributed by atoms with Crippen molar-refractivity contribution in [2.75, 3.05) is 6.54 Å². The van der Waals surface area contributed by atoms with E-state index < -0.39 is 6.04 Å². The van der Waals surface area contributed by atoms with E-state index in [9.17, 15) is 14.4 Å². The highest BCUT2D eigenvalue weighted by atomic mass is 16.2. The van der Waals surface area contributed by atoms with Gasteiger partial charge in [-0.3, -0.25) is 24.3 Å². The van der Waals surface area contributed by atoms with Crippen LogP contribution in [0.1, 0.15) is 23.7 Å². The number of hydrogen-bond donors (Lipinski definition) is 1. The van der Waals surface area contributed by atoms with E-state index in [-0.39, 0.29) is 47.9 Å². The Bertz CT molecular complexity index is 919. The molecule has 1 aromatic heterocycles. The zero-order valence-corrected chi connectivity index (χ0v) is 15.8. The minimum atomic E-state index is -0.449. The van der Waals surface area contributed by atoms with Crippen LogP contribution in [0.4, 0.5) is 0 Å². The van der Waals surface area contributed by atoms with Gasteiger partial charge in [-0.2, -0.15) is 0 Å². The predicted molar refractivity (Wildman–Crippen MR) is 105 cm³/mol. The second-order valence-electron chi connectivity index (χ2n) is 7.93. The van der Waals surface area contributed by atoms with Crippen LogP contribution in [0.25, 0.3) is 0 Å². The van der Waals surface area contributed by atoms with E-state index in [1.807, 2.05) is 60.7 Å². The van der Waals surface area contributed by atoms with Gasteiger partial charge < -0.3 is 5.32 Å². The Kier molecular flexibility index (Phi) is 4.27. The van der Waals surface area contributed by atoms with Gasteiger partial charge in [0.25, 0.3) is 0 Å². The van der Waals surface area contributed by atoms with Gasteiger partial charge in [0, 0.05) is 6.20 Å². The van der Waals surface area contributed by atoms with Crippen LogP contribution in [-0.4, -0.2) is 34.2 Å². The van der Waals surface area contributed by atoms with Gasteiger partial charge in [-0.1, -0.05) is 48.6 Å². The predicted octanol–water partition coefficient (Wildman–Crippen LogP) is 2.09. The van der Waals surface area contributed by atoms with E-state index in [0.29, 0.717) is 5.69 Å². The molecule has 1 aromatic carbocycles. The number of allylic oxidation sites excluding steroid dienone is 2. The summed E-state index contributed by atoms with van der Waals surface area (Å²) >= 11 is 0. The third kappa shape index (κ3) is 2.95. The summed E-state index contributed by atoms with van der Waals surface area (Å²) in [5, 5.41) is 2.96. The minimum Gasteiger partial charge on any atom is -0.342 e. The van der Waals surface area contributed by atoms with E-state index >= 15 is 0 Å². The Balaban J connectivity index is 1.34. The molecular weight excluding hydrogens is 366 g/mol. The van der Waals surface area contributed by atoms with Gasteiger partial charge >= 0.3 is 0 Å². The van der Waals surface area contributed by atoms with Gasteiger partial charge in [0.2, 0.25) is 17.7 Å². The molecule has 5 atom stereocenters. The van der Waals surface area contributed by atoms with Gasteiger partial charge in [-0.25, -0.2) is 0 Å². The van der Waals surface area contributed by atoms with Crippen LogP contribution in [0.2, 0.25) is 0 Å². The van der Waals surface area contributed by atoms with Gasteiger partial charge in [0.1, 0.15) is 6.54 Å². The number of rotatable bonds is 5. The quantitative estimate of drug-likeness (QED) is 0.629. The molecule has 146 valence electrons. The molecule has 1 saturated carbocycles. The lowest BCUT2D eigenvalue weighted by Crippen LogP contribution is -2.43. The molecule has 0 radical (unpaired) electrons. The maximum absolute atomic E-state index is 12.8. The highest BCUT2D eigenvalue weighted by Crippen LogP contribution is 2.52. The van der Waals surface area contributed by atoms with Crippen molar-refractivity contribution in [1.29, 1.82) is 0 Å². The van der Waals surface area contributed by atoms with Crippen molar-refractivity contribution in [1.82, 2.24) is 15.2 Å². The van der Waals surface area contributed by atoms with Gasteiger partial charge in [-0.05, 0) is 36.0 Å². The van der Waals surface area contributed by atoms with E-state index in [1.165, 1.54) is 0 Å². The van der Waals surface area contributed by atoms with Crippen LogP contribution >= 0.6 is 0 Å². The average molecular weight is 387 g/mol. The lowest BCUT2D eigenvalue weighted by molar-refractivity contribution is -0.144. The van der Waals surface area contributed by atoms with Crippen molar-refractivity contribution in [2.24, 2.45) is 23.7 Å². The van der Waals surface area contributed by atoms with Crippen LogP contribution in [0, 0.1) is 23.7 Å². The van der Waals surface area contributed by atoms with Crippen LogP contribution in [-0.2, 0) is 14.4 Å². The summed E-state index contributed by atoms with van der Waals surface area (Å²) in [6, 6.07) is 14.6. The number of carbonyl (C=O) groups is 3. The molecule has 6 nitrogen and oxygen atoms in total. The summed E-state index contributed by atoms with van der Waals surface area (Å²) in [6.07, 6.45) is 6.65. The number of hydrogen-bond acceptors (Lipinski definition) is 4. The first-order valence-corrected chi connectivity index (χ1v) is 9.92. The smallest absolute Gasteiger partial charge is 0.240 e. The summed E-state index contributed by atoms with van der Waals surface area (Å²) in [6.45, 7) is -0.250. The number of carbonyl (C=O) groups excluding carboxylic acids is 3. The summed E-state index contributed by atoms with van der Waals surface area (Å²) in [7, 11) is 0. The van der Waals surface area contributed by atoms with E-state index in [4.69, 9.17) is 0 Å². The lowest BCUT2D eigenvalue weighted by Gasteiger charge is -2.21. The molecule has 3 amide bonds. The number of amides is 3. The van der Waals surface area contributed by atoms with Crippen LogP contribution in [0.15, 0.2) is 66.9 Å². The molecule has 2 heterocycles. The third-order valence-corrected chi connectivity index (χ3v) is 6.29. The molecule has 0 spiro atoms. The maximum Gasteiger partial charge on any atom is 0.240 e. The van der Waals surface area contributed by atoms with Gasteiger partial charge in [0.15, 0.2) is 0 Å². The molecule has 2 aromatic rings. The lowest BCUT2D eigenvalue weighted by atomic mass is 9.85. The monoisotopic (exact) mass is 387 g/mol. The number of pyridine rings is 1. The summed E-state index contributed by atoms with van der Waals surface area (Å²) in [5.74, 6) is -1.08. The molecule has 3 aliphatic rings. The second kappa shape index (κ2) is 6.95.